The van der Waals surface area contributed by atoms with Gasteiger partial charge in [0.1, 0.15) is 0 Å². The highest BCUT2D eigenvalue weighted by atomic mass is 16.5. The molecule has 2 rings (SSSR count). The second-order valence-corrected chi connectivity index (χ2v) is 4.99. The molecule has 2 atom stereocenters. The molecule has 0 aromatic heterocycles. The van der Waals surface area contributed by atoms with Crippen LogP contribution in [0.5, 0.6) is 0 Å². The molecule has 1 fully saturated rings. The van der Waals surface area contributed by atoms with E-state index in [-0.39, 0.29) is 18.6 Å². The number of esters is 1. The summed E-state index contributed by atoms with van der Waals surface area (Å²) < 4.78 is 4.66. The summed E-state index contributed by atoms with van der Waals surface area (Å²) in [7, 11) is 0. The van der Waals surface area contributed by atoms with Crippen LogP contribution >= 0.6 is 0 Å². The molecule has 108 valence electrons. The Hall–Kier alpha value is -1.88. The number of hydrogen-bond acceptors (Lipinski definition) is 4. The summed E-state index contributed by atoms with van der Waals surface area (Å²) in [5.74, 6) is -0.684. The van der Waals surface area contributed by atoms with Gasteiger partial charge in [0.2, 0.25) is 0 Å². The smallest absolute Gasteiger partial charge is 0.303 e. The van der Waals surface area contributed by atoms with Gasteiger partial charge >= 0.3 is 5.97 Å². The van der Waals surface area contributed by atoms with Crippen LogP contribution in [0.25, 0.3) is 0 Å². The monoisotopic (exact) mass is 276 g/mol. The van der Waals surface area contributed by atoms with Crippen molar-refractivity contribution in [2.45, 2.75) is 31.8 Å². The van der Waals surface area contributed by atoms with E-state index in [1.54, 1.807) is 0 Å². The standard InChI is InChI=1S/C15H20N2O3/c1-11(18)20-10-15(19)17-13-7-8-14(16-9-13)12-5-3-2-4-6-12/h2-6,13-14,16H,7-10H2,1H3,(H,17,19). The minimum Gasteiger partial charge on any atom is -0.456 e. The fraction of sp³-hybridized carbons (Fsp3) is 0.467. The number of carbonyl (C=O) groups excluding carboxylic acids is 2. The molecule has 1 aliphatic rings. The first kappa shape index (κ1) is 14.5. The van der Waals surface area contributed by atoms with Crippen molar-refractivity contribution >= 4 is 11.9 Å². The van der Waals surface area contributed by atoms with Crippen molar-refractivity contribution in [3.05, 3.63) is 35.9 Å². The minimum atomic E-state index is -0.439. The summed E-state index contributed by atoms with van der Waals surface area (Å²) in [6.07, 6.45) is 1.89. The Morgan fingerprint density at radius 3 is 2.65 bits per heavy atom. The van der Waals surface area contributed by atoms with E-state index < -0.39 is 5.97 Å². The molecule has 0 aliphatic carbocycles. The zero-order chi connectivity index (χ0) is 14.4. The number of ether oxygens (including phenoxy) is 1. The maximum absolute atomic E-state index is 11.6. The fourth-order valence-corrected chi connectivity index (χ4v) is 2.39. The predicted molar refractivity (Wildman–Crippen MR) is 75.0 cm³/mol. The van der Waals surface area contributed by atoms with Crippen molar-refractivity contribution in [2.24, 2.45) is 0 Å². The molecule has 1 heterocycles. The fourth-order valence-electron chi connectivity index (χ4n) is 2.39. The second kappa shape index (κ2) is 7.05. The van der Waals surface area contributed by atoms with Crippen LogP contribution in [0, 0.1) is 0 Å². The van der Waals surface area contributed by atoms with Gasteiger partial charge in [-0.3, -0.25) is 9.59 Å². The summed E-state index contributed by atoms with van der Waals surface area (Å²) in [4.78, 5) is 22.2. The van der Waals surface area contributed by atoms with Gasteiger partial charge in [0.15, 0.2) is 6.61 Å². The van der Waals surface area contributed by atoms with Gasteiger partial charge < -0.3 is 15.4 Å². The lowest BCUT2D eigenvalue weighted by molar-refractivity contribution is -0.146. The molecule has 2 N–H and O–H groups in total. The summed E-state index contributed by atoms with van der Waals surface area (Å²) in [5, 5.41) is 6.30. The van der Waals surface area contributed by atoms with Crippen LogP contribution in [0.2, 0.25) is 0 Å². The minimum absolute atomic E-state index is 0.0954. The predicted octanol–water partition coefficient (Wildman–Crippen LogP) is 1.16. The highest BCUT2D eigenvalue weighted by Gasteiger charge is 2.22. The van der Waals surface area contributed by atoms with Crippen molar-refractivity contribution < 1.29 is 14.3 Å². The molecule has 2 unspecified atom stereocenters. The number of piperidine rings is 1. The van der Waals surface area contributed by atoms with E-state index >= 15 is 0 Å². The zero-order valence-corrected chi connectivity index (χ0v) is 11.6. The molecule has 5 nitrogen and oxygen atoms in total. The van der Waals surface area contributed by atoms with E-state index in [0.717, 1.165) is 19.4 Å². The van der Waals surface area contributed by atoms with Gasteiger partial charge in [0.05, 0.1) is 0 Å². The molecule has 1 saturated heterocycles. The van der Waals surface area contributed by atoms with Crippen molar-refractivity contribution in [1.29, 1.82) is 0 Å². The Kier molecular flexibility index (Phi) is 5.12. The second-order valence-electron chi connectivity index (χ2n) is 4.99. The van der Waals surface area contributed by atoms with Crippen LogP contribution < -0.4 is 10.6 Å². The van der Waals surface area contributed by atoms with Gasteiger partial charge in [-0.2, -0.15) is 0 Å². The van der Waals surface area contributed by atoms with Crippen LogP contribution in [-0.2, 0) is 14.3 Å². The van der Waals surface area contributed by atoms with Gasteiger partial charge in [-0.1, -0.05) is 30.3 Å². The average Bonchev–Trinajstić information content (AvgIpc) is 2.47. The quantitative estimate of drug-likeness (QED) is 0.810. The number of nitrogens with one attached hydrogen (secondary N) is 2. The SMILES string of the molecule is CC(=O)OCC(=O)NC1CCC(c2ccccc2)NC1. The molecule has 20 heavy (non-hydrogen) atoms. The van der Waals surface area contributed by atoms with Crippen molar-refractivity contribution in [1.82, 2.24) is 10.6 Å². The molecule has 5 heteroatoms. The van der Waals surface area contributed by atoms with Crippen molar-refractivity contribution in [3.63, 3.8) is 0 Å². The van der Waals surface area contributed by atoms with E-state index in [2.05, 4.69) is 27.5 Å². The van der Waals surface area contributed by atoms with E-state index in [9.17, 15) is 9.59 Å². The van der Waals surface area contributed by atoms with Crippen LogP contribution in [-0.4, -0.2) is 31.1 Å². The summed E-state index contributed by atoms with van der Waals surface area (Å²) >= 11 is 0. The van der Waals surface area contributed by atoms with Crippen LogP contribution in [0.4, 0.5) is 0 Å². The van der Waals surface area contributed by atoms with Gasteiger partial charge in [-0.05, 0) is 18.4 Å². The third-order valence-corrected chi connectivity index (χ3v) is 3.39. The van der Waals surface area contributed by atoms with Crippen LogP contribution in [0.1, 0.15) is 31.4 Å². The molecule has 0 radical (unpaired) electrons. The number of hydrogen-bond donors (Lipinski definition) is 2. The Morgan fingerprint density at radius 2 is 2.05 bits per heavy atom. The van der Waals surface area contributed by atoms with Gasteiger partial charge in [-0.25, -0.2) is 0 Å². The summed E-state index contributed by atoms with van der Waals surface area (Å²) in [6, 6.07) is 10.7. The largest absolute Gasteiger partial charge is 0.456 e. The lowest BCUT2D eigenvalue weighted by Crippen LogP contribution is -2.47. The molecule has 0 spiro atoms. The topological polar surface area (TPSA) is 67.4 Å². The molecule has 0 bridgehead atoms. The van der Waals surface area contributed by atoms with Crippen molar-refractivity contribution in [2.75, 3.05) is 13.2 Å². The Morgan fingerprint density at radius 1 is 1.30 bits per heavy atom. The van der Waals surface area contributed by atoms with Gasteiger partial charge in [0, 0.05) is 25.6 Å². The molecule has 1 aromatic rings. The van der Waals surface area contributed by atoms with Crippen LogP contribution in [0.15, 0.2) is 30.3 Å². The number of rotatable bonds is 4. The lowest BCUT2D eigenvalue weighted by atomic mass is 9.95. The Bertz CT molecular complexity index is 453. The van der Waals surface area contributed by atoms with Crippen molar-refractivity contribution in [3.8, 4) is 0 Å². The number of amides is 1. The first-order valence-electron chi connectivity index (χ1n) is 6.86. The maximum atomic E-state index is 11.6. The van der Waals surface area contributed by atoms with E-state index in [1.165, 1.54) is 12.5 Å². The first-order chi connectivity index (χ1) is 9.65. The Balaban J connectivity index is 1.74. The van der Waals surface area contributed by atoms with Crippen LogP contribution in [0.3, 0.4) is 0 Å². The number of benzene rings is 1. The van der Waals surface area contributed by atoms with Gasteiger partial charge in [-0.15, -0.1) is 0 Å². The average molecular weight is 276 g/mol. The van der Waals surface area contributed by atoms with E-state index in [4.69, 9.17) is 0 Å². The third kappa shape index (κ3) is 4.35. The summed E-state index contributed by atoms with van der Waals surface area (Å²) in [5.41, 5.74) is 1.28. The highest BCUT2D eigenvalue weighted by Crippen LogP contribution is 2.22. The Labute approximate surface area is 118 Å². The highest BCUT2D eigenvalue weighted by molar-refractivity contribution is 5.80. The normalized spacial score (nSPS) is 22.1. The molecule has 1 aromatic carbocycles. The third-order valence-electron chi connectivity index (χ3n) is 3.39. The van der Waals surface area contributed by atoms with Gasteiger partial charge in [0.25, 0.3) is 5.91 Å². The maximum Gasteiger partial charge on any atom is 0.303 e. The molecule has 0 saturated carbocycles. The molecular weight excluding hydrogens is 256 g/mol. The number of carbonyl (C=O) groups is 2. The van der Waals surface area contributed by atoms with E-state index in [1.807, 2.05) is 18.2 Å². The molecular formula is C15H20N2O3. The first-order valence-corrected chi connectivity index (χ1v) is 6.86. The molecule has 1 aliphatic heterocycles. The summed E-state index contributed by atoms with van der Waals surface area (Å²) in [6.45, 7) is 1.82. The van der Waals surface area contributed by atoms with E-state index in [0.29, 0.717) is 6.04 Å². The zero-order valence-electron chi connectivity index (χ0n) is 11.6. The lowest BCUT2D eigenvalue weighted by Gasteiger charge is -2.30. The molecule has 1 amide bonds.